The minimum atomic E-state index is -0.0430. The quantitative estimate of drug-likeness (QED) is 0.379. The molecule has 4 aromatic rings. The SMILES string of the molecule is CC(=O)NCCN1CCc2ncnc(Nc3ccc(Oc4ccc5cn[nH]c5c4)c(Cl)c3)c21. The summed E-state index contributed by atoms with van der Waals surface area (Å²) in [5.74, 6) is 1.87. The topological polar surface area (TPSA) is 108 Å². The van der Waals surface area contributed by atoms with Gasteiger partial charge in [0.25, 0.3) is 0 Å². The van der Waals surface area contributed by atoms with Gasteiger partial charge in [-0.2, -0.15) is 5.10 Å². The molecule has 0 fully saturated rings. The molecule has 3 heterocycles. The third-order valence-corrected chi connectivity index (χ3v) is 5.72. The number of nitrogens with one attached hydrogen (secondary N) is 3. The predicted octanol–water partition coefficient (Wildman–Crippen LogP) is 4.04. The standard InChI is InChI=1S/C23H22ClN7O2/c1-14(32)25-7-9-31-8-6-19-22(31)23(27-13-26-19)29-16-3-5-21(18(24)10-16)33-17-4-2-15-12-28-30-20(15)11-17/h2-5,10-13H,6-9H2,1H3,(H,25,32)(H,28,30)(H,26,27,29). The summed E-state index contributed by atoms with van der Waals surface area (Å²) in [6.07, 6.45) is 4.15. The normalized spacial score (nSPS) is 12.6. The summed E-state index contributed by atoms with van der Waals surface area (Å²) >= 11 is 6.52. The third-order valence-electron chi connectivity index (χ3n) is 5.42. The maximum Gasteiger partial charge on any atom is 0.216 e. The van der Waals surface area contributed by atoms with Crippen LogP contribution in [-0.2, 0) is 11.2 Å². The highest BCUT2D eigenvalue weighted by atomic mass is 35.5. The molecule has 10 heteroatoms. The van der Waals surface area contributed by atoms with Crippen molar-refractivity contribution in [1.82, 2.24) is 25.5 Å². The van der Waals surface area contributed by atoms with Crippen molar-refractivity contribution in [1.29, 1.82) is 0 Å². The highest BCUT2D eigenvalue weighted by Gasteiger charge is 2.24. The number of aromatic amines is 1. The zero-order valence-corrected chi connectivity index (χ0v) is 18.7. The van der Waals surface area contributed by atoms with E-state index in [2.05, 4.69) is 35.7 Å². The molecule has 0 radical (unpaired) electrons. The molecule has 1 aliphatic heterocycles. The fraction of sp³-hybridized carbons (Fsp3) is 0.217. The molecular formula is C23H22ClN7O2. The smallest absolute Gasteiger partial charge is 0.216 e. The number of benzene rings is 2. The number of nitrogens with zero attached hydrogens (tertiary/aromatic N) is 4. The van der Waals surface area contributed by atoms with Crippen LogP contribution in [0.25, 0.3) is 10.9 Å². The van der Waals surface area contributed by atoms with Crippen LogP contribution in [-0.4, -0.2) is 45.7 Å². The van der Waals surface area contributed by atoms with Crippen molar-refractivity contribution in [3.8, 4) is 11.5 Å². The Morgan fingerprint density at radius 2 is 2.15 bits per heavy atom. The van der Waals surface area contributed by atoms with Crippen LogP contribution in [0, 0.1) is 0 Å². The molecule has 2 aromatic carbocycles. The van der Waals surface area contributed by atoms with Crippen molar-refractivity contribution in [3.63, 3.8) is 0 Å². The van der Waals surface area contributed by atoms with E-state index < -0.39 is 0 Å². The van der Waals surface area contributed by atoms with Crippen molar-refractivity contribution in [2.24, 2.45) is 0 Å². The lowest BCUT2D eigenvalue weighted by atomic mass is 10.2. The van der Waals surface area contributed by atoms with Gasteiger partial charge in [0.1, 0.15) is 23.5 Å². The Balaban J connectivity index is 1.32. The molecule has 168 valence electrons. The van der Waals surface area contributed by atoms with E-state index in [1.807, 2.05) is 30.3 Å². The molecule has 0 spiro atoms. The number of rotatable bonds is 7. The van der Waals surface area contributed by atoms with Gasteiger partial charge < -0.3 is 20.3 Å². The number of fused-ring (bicyclic) bond motifs is 2. The molecule has 0 atom stereocenters. The first kappa shape index (κ1) is 21.0. The van der Waals surface area contributed by atoms with Crippen molar-refractivity contribution in [3.05, 3.63) is 59.6 Å². The van der Waals surface area contributed by atoms with Gasteiger partial charge in [-0.25, -0.2) is 9.97 Å². The van der Waals surface area contributed by atoms with Crippen LogP contribution in [0.3, 0.4) is 0 Å². The molecule has 1 amide bonds. The molecule has 3 N–H and O–H groups in total. The summed E-state index contributed by atoms with van der Waals surface area (Å²) < 4.78 is 5.97. The second-order valence-corrected chi connectivity index (χ2v) is 8.14. The van der Waals surface area contributed by atoms with E-state index in [4.69, 9.17) is 16.3 Å². The first-order valence-corrected chi connectivity index (χ1v) is 11.0. The zero-order chi connectivity index (χ0) is 22.8. The van der Waals surface area contributed by atoms with Gasteiger partial charge >= 0.3 is 0 Å². The van der Waals surface area contributed by atoms with Crippen LogP contribution in [0.4, 0.5) is 17.2 Å². The minimum Gasteiger partial charge on any atom is -0.456 e. The number of hydrogen-bond donors (Lipinski definition) is 3. The van der Waals surface area contributed by atoms with Crippen molar-refractivity contribution in [2.45, 2.75) is 13.3 Å². The minimum absolute atomic E-state index is 0.0430. The number of ether oxygens (including phenoxy) is 1. The molecular weight excluding hydrogens is 442 g/mol. The highest BCUT2D eigenvalue weighted by Crippen LogP contribution is 2.36. The summed E-state index contributed by atoms with van der Waals surface area (Å²) in [5, 5.41) is 14.6. The monoisotopic (exact) mass is 463 g/mol. The van der Waals surface area contributed by atoms with E-state index in [0.717, 1.165) is 40.9 Å². The Morgan fingerprint density at radius 3 is 3.00 bits per heavy atom. The van der Waals surface area contributed by atoms with Crippen LogP contribution >= 0.6 is 11.6 Å². The Bertz CT molecular complexity index is 1320. The number of hydrogen-bond acceptors (Lipinski definition) is 7. The van der Waals surface area contributed by atoms with E-state index in [9.17, 15) is 4.79 Å². The fourth-order valence-electron chi connectivity index (χ4n) is 3.87. The van der Waals surface area contributed by atoms with E-state index in [1.54, 1.807) is 18.6 Å². The van der Waals surface area contributed by atoms with Crippen LogP contribution in [0.1, 0.15) is 12.6 Å². The van der Waals surface area contributed by atoms with Crippen LogP contribution < -0.4 is 20.3 Å². The molecule has 9 nitrogen and oxygen atoms in total. The van der Waals surface area contributed by atoms with Gasteiger partial charge in [-0.15, -0.1) is 0 Å². The summed E-state index contributed by atoms with van der Waals surface area (Å²) in [4.78, 5) is 22.2. The lowest BCUT2D eigenvalue weighted by molar-refractivity contribution is -0.118. The molecule has 0 saturated heterocycles. The molecule has 0 saturated carbocycles. The second-order valence-electron chi connectivity index (χ2n) is 7.73. The predicted molar refractivity (Wildman–Crippen MR) is 128 cm³/mol. The molecule has 33 heavy (non-hydrogen) atoms. The molecule has 0 bridgehead atoms. The van der Waals surface area contributed by atoms with Gasteiger partial charge in [-0.3, -0.25) is 9.89 Å². The van der Waals surface area contributed by atoms with E-state index in [-0.39, 0.29) is 5.91 Å². The Labute approximate surface area is 195 Å². The number of halogens is 1. The number of carbonyl (C=O) groups is 1. The van der Waals surface area contributed by atoms with Crippen molar-refractivity contribution < 1.29 is 9.53 Å². The van der Waals surface area contributed by atoms with Crippen molar-refractivity contribution in [2.75, 3.05) is 29.9 Å². The highest BCUT2D eigenvalue weighted by molar-refractivity contribution is 6.32. The lowest BCUT2D eigenvalue weighted by Crippen LogP contribution is -2.33. The van der Waals surface area contributed by atoms with Gasteiger partial charge in [0, 0.05) is 50.1 Å². The maximum absolute atomic E-state index is 11.2. The molecule has 2 aromatic heterocycles. The van der Waals surface area contributed by atoms with Gasteiger partial charge in [0.2, 0.25) is 5.91 Å². The lowest BCUT2D eigenvalue weighted by Gasteiger charge is -2.21. The summed E-state index contributed by atoms with van der Waals surface area (Å²) in [6, 6.07) is 11.2. The second kappa shape index (κ2) is 8.95. The Hall–Kier alpha value is -3.85. The van der Waals surface area contributed by atoms with Gasteiger partial charge in [0.15, 0.2) is 5.82 Å². The summed E-state index contributed by atoms with van der Waals surface area (Å²) in [5.41, 5.74) is 3.61. The average molecular weight is 464 g/mol. The van der Waals surface area contributed by atoms with E-state index in [0.29, 0.717) is 35.4 Å². The number of anilines is 3. The summed E-state index contributed by atoms with van der Waals surface area (Å²) in [7, 11) is 0. The number of H-pyrrole nitrogens is 1. The third kappa shape index (κ3) is 4.54. The Morgan fingerprint density at radius 1 is 1.24 bits per heavy atom. The van der Waals surface area contributed by atoms with E-state index >= 15 is 0 Å². The number of aromatic nitrogens is 4. The number of amides is 1. The first-order valence-electron chi connectivity index (χ1n) is 10.6. The van der Waals surface area contributed by atoms with Crippen LogP contribution in [0.15, 0.2) is 48.9 Å². The van der Waals surface area contributed by atoms with Crippen molar-refractivity contribution >= 4 is 45.6 Å². The molecule has 5 rings (SSSR count). The maximum atomic E-state index is 11.2. The summed E-state index contributed by atoms with van der Waals surface area (Å²) in [6.45, 7) is 3.59. The number of carbonyl (C=O) groups excluding carboxylic acids is 1. The van der Waals surface area contributed by atoms with Gasteiger partial charge in [-0.05, 0) is 30.3 Å². The average Bonchev–Trinajstić information content (AvgIpc) is 3.43. The zero-order valence-electron chi connectivity index (χ0n) is 17.9. The van der Waals surface area contributed by atoms with Gasteiger partial charge in [0.05, 0.1) is 22.4 Å². The largest absolute Gasteiger partial charge is 0.456 e. The van der Waals surface area contributed by atoms with Gasteiger partial charge in [-0.1, -0.05) is 11.6 Å². The molecule has 1 aliphatic rings. The molecule has 0 aliphatic carbocycles. The van der Waals surface area contributed by atoms with E-state index in [1.165, 1.54) is 6.92 Å². The fourth-order valence-corrected chi connectivity index (χ4v) is 4.09. The van der Waals surface area contributed by atoms with Crippen LogP contribution in [0.2, 0.25) is 5.02 Å². The molecule has 0 unspecified atom stereocenters. The Kier molecular flexibility index (Phi) is 5.70. The van der Waals surface area contributed by atoms with Crippen LogP contribution in [0.5, 0.6) is 11.5 Å². The first-order chi connectivity index (χ1) is 16.1.